The van der Waals surface area contributed by atoms with Crippen molar-refractivity contribution in [3.63, 3.8) is 0 Å². The Balaban J connectivity index is 2.28. The highest BCUT2D eigenvalue weighted by atomic mass is 32.2. The van der Waals surface area contributed by atoms with Gasteiger partial charge in [0, 0.05) is 9.41 Å². The summed E-state index contributed by atoms with van der Waals surface area (Å²) in [7, 11) is -0.677. The average Bonchev–Trinajstić information content (AvgIpc) is 2.46. The minimum absolute atomic E-state index is 0.677. The third-order valence-corrected chi connectivity index (χ3v) is 5.02. The van der Waals surface area contributed by atoms with Gasteiger partial charge in [-0.1, -0.05) is 47.1 Å². The van der Waals surface area contributed by atoms with Crippen molar-refractivity contribution in [2.75, 3.05) is 0 Å². The highest BCUT2D eigenvalue weighted by Gasteiger charge is 2.15. The molecule has 1 aliphatic heterocycles. The Hall–Kier alpha value is -2.40. The summed E-state index contributed by atoms with van der Waals surface area (Å²) >= 11 is 0. The predicted molar refractivity (Wildman–Crippen MR) is 78.1 cm³/mol. The highest BCUT2D eigenvalue weighted by Crippen LogP contribution is 2.31. The zero-order chi connectivity index (χ0) is 14.1. The molecule has 0 fully saturated rings. The Morgan fingerprint density at radius 2 is 1.70 bits per heavy atom. The van der Waals surface area contributed by atoms with E-state index in [2.05, 4.69) is 10.8 Å². The molecule has 0 aliphatic carbocycles. The molecule has 0 saturated carbocycles. The van der Waals surface area contributed by atoms with E-state index in [1.165, 1.54) is 0 Å². The number of primary amides is 1. The second kappa shape index (κ2) is 4.94. The molecule has 1 heterocycles. The normalized spacial score (nSPS) is 15.5. The molecule has 3 N–H and O–H groups in total. The number of hydrogen-bond donors (Lipinski definition) is 2. The molecule has 1 unspecified atom stereocenters. The monoisotopic (exact) mass is 284 g/mol. The largest absolute Gasteiger partial charge is 0.361 e. The standard InChI is InChI=1S/C15H12N2O2S/c16-14(18)15(19)17-20-12-7-3-1-5-10(12)9-11-6-2-4-8-13(11)20/h1-9H,(H2,16,18)(H,17,19). The molecule has 2 amide bonds. The van der Waals surface area contributed by atoms with Crippen molar-refractivity contribution in [3.05, 3.63) is 63.8 Å². The first kappa shape index (κ1) is 12.6. The second-order valence-corrected chi connectivity index (χ2v) is 6.02. The lowest BCUT2D eigenvalue weighted by molar-refractivity contribution is -0.136. The van der Waals surface area contributed by atoms with Crippen LogP contribution in [0.1, 0.15) is 5.56 Å². The second-order valence-electron chi connectivity index (χ2n) is 4.32. The van der Waals surface area contributed by atoms with Crippen LogP contribution in [0.4, 0.5) is 0 Å². The fraction of sp³-hybridized carbons (Fsp3) is 0. The van der Waals surface area contributed by atoms with Crippen LogP contribution in [-0.2, 0) is 9.59 Å². The fourth-order valence-electron chi connectivity index (χ4n) is 2.11. The molecule has 1 aliphatic rings. The van der Waals surface area contributed by atoms with Crippen LogP contribution in [0, 0.1) is 4.51 Å². The number of carbonyl (C=O) groups is 2. The van der Waals surface area contributed by atoms with E-state index < -0.39 is 22.5 Å². The number of nitrogens with two attached hydrogens (primary N) is 1. The van der Waals surface area contributed by atoms with Crippen LogP contribution < -0.4 is 15.7 Å². The van der Waals surface area contributed by atoms with Crippen LogP contribution in [0.25, 0.3) is 6.08 Å². The van der Waals surface area contributed by atoms with E-state index in [4.69, 9.17) is 5.73 Å². The van der Waals surface area contributed by atoms with Crippen molar-refractivity contribution in [1.29, 1.82) is 0 Å². The summed E-state index contributed by atoms with van der Waals surface area (Å²) in [5.74, 6) is -1.73. The van der Waals surface area contributed by atoms with Crippen LogP contribution in [-0.4, -0.2) is 11.8 Å². The van der Waals surface area contributed by atoms with E-state index in [1.807, 2.05) is 48.5 Å². The topological polar surface area (TPSA) is 72.2 Å². The van der Waals surface area contributed by atoms with E-state index in [0.717, 1.165) is 20.2 Å². The predicted octanol–water partition coefficient (Wildman–Crippen LogP) is 0.924. The van der Waals surface area contributed by atoms with Crippen molar-refractivity contribution in [1.82, 2.24) is 4.72 Å². The van der Waals surface area contributed by atoms with Crippen molar-refractivity contribution in [3.8, 4) is 0 Å². The van der Waals surface area contributed by atoms with Crippen LogP contribution in [0.3, 0.4) is 0 Å². The quantitative estimate of drug-likeness (QED) is 0.604. The van der Waals surface area contributed by atoms with Gasteiger partial charge >= 0.3 is 11.8 Å². The van der Waals surface area contributed by atoms with Gasteiger partial charge in [0.05, 0.1) is 0 Å². The molecule has 0 aromatic heterocycles. The molecule has 20 heavy (non-hydrogen) atoms. The number of hydrogen-bond acceptors (Lipinski definition) is 2. The SMILES string of the molecule is NC(=O)C(=O)NS1=c2ccccc2=Cc2ccccc21. The molecular weight excluding hydrogens is 272 g/mol. The Labute approximate surface area is 118 Å². The Bertz CT molecular complexity index is 843. The lowest BCUT2D eigenvalue weighted by atomic mass is 10.1. The summed E-state index contributed by atoms with van der Waals surface area (Å²) in [6.07, 6.45) is 2.07. The van der Waals surface area contributed by atoms with Crippen LogP contribution in [0.15, 0.2) is 53.4 Å². The Morgan fingerprint density at radius 1 is 1.00 bits per heavy atom. The minimum Gasteiger partial charge on any atom is -0.361 e. The van der Waals surface area contributed by atoms with Crippen molar-refractivity contribution in [2.24, 2.45) is 5.73 Å². The van der Waals surface area contributed by atoms with Gasteiger partial charge in [0.1, 0.15) is 0 Å². The van der Waals surface area contributed by atoms with E-state index >= 15 is 0 Å². The lowest BCUT2D eigenvalue weighted by Crippen LogP contribution is -2.33. The van der Waals surface area contributed by atoms with E-state index in [-0.39, 0.29) is 0 Å². The minimum atomic E-state index is -0.970. The number of carbonyl (C=O) groups excluding carboxylic acids is 2. The smallest absolute Gasteiger partial charge is 0.318 e. The molecule has 2 aromatic rings. The maximum atomic E-state index is 11.6. The summed E-state index contributed by atoms with van der Waals surface area (Å²) in [6.45, 7) is 0. The van der Waals surface area contributed by atoms with Gasteiger partial charge in [-0.25, -0.2) is 0 Å². The number of fused-ring (bicyclic) bond motifs is 2. The lowest BCUT2D eigenvalue weighted by Gasteiger charge is -2.17. The van der Waals surface area contributed by atoms with Crippen molar-refractivity contribution < 1.29 is 9.59 Å². The average molecular weight is 284 g/mol. The van der Waals surface area contributed by atoms with Gasteiger partial charge < -0.3 is 5.73 Å². The molecule has 2 aromatic carbocycles. The molecule has 5 heteroatoms. The third kappa shape index (κ3) is 2.12. The van der Waals surface area contributed by atoms with Gasteiger partial charge in [0.2, 0.25) is 0 Å². The molecule has 3 rings (SSSR count). The third-order valence-electron chi connectivity index (χ3n) is 3.01. The summed E-state index contributed by atoms with van der Waals surface area (Å²) in [5, 5.41) is 1.04. The van der Waals surface area contributed by atoms with Gasteiger partial charge in [-0.15, -0.1) is 0 Å². The fourth-order valence-corrected chi connectivity index (χ4v) is 4.01. The van der Waals surface area contributed by atoms with Gasteiger partial charge in [-0.3, -0.25) is 14.3 Å². The Kier molecular flexibility index (Phi) is 3.12. The van der Waals surface area contributed by atoms with E-state index in [0.29, 0.717) is 0 Å². The molecule has 0 radical (unpaired) electrons. The molecule has 1 atom stereocenters. The summed E-state index contributed by atoms with van der Waals surface area (Å²) in [5.41, 5.74) is 6.08. The maximum Gasteiger partial charge on any atom is 0.318 e. The van der Waals surface area contributed by atoms with Crippen molar-refractivity contribution in [2.45, 2.75) is 4.90 Å². The van der Waals surface area contributed by atoms with Crippen LogP contribution in [0.5, 0.6) is 0 Å². The number of benzene rings is 2. The van der Waals surface area contributed by atoms with Gasteiger partial charge in [-0.2, -0.15) is 0 Å². The molecule has 100 valence electrons. The first-order chi connectivity index (χ1) is 9.66. The molecule has 0 spiro atoms. The Morgan fingerprint density at radius 3 is 2.50 bits per heavy atom. The van der Waals surface area contributed by atoms with Crippen LogP contribution in [0.2, 0.25) is 0 Å². The van der Waals surface area contributed by atoms with Crippen LogP contribution >= 0.6 is 10.7 Å². The summed E-state index contributed by atoms with van der Waals surface area (Å²) in [6, 6.07) is 15.6. The first-order valence-corrected chi connectivity index (χ1v) is 7.27. The van der Waals surface area contributed by atoms with Gasteiger partial charge in [0.25, 0.3) is 0 Å². The molecule has 0 saturated heterocycles. The number of amides is 2. The van der Waals surface area contributed by atoms with E-state index in [1.54, 1.807) is 0 Å². The summed E-state index contributed by atoms with van der Waals surface area (Å²) in [4.78, 5) is 23.6. The van der Waals surface area contributed by atoms with Gasteiger partial charge in [0.15, 0.2) is 0 Å². The first-order valence-electron chi connectivity index (χ1n) is 6.04. The number of rotatable bonds is 1. The van der Waals surface area contributed by atoms with E-state index in [9.17, 15) is 9.59 Å². The molecule has 0 bridgehead atoms. The summed E-state index contributed by atoms with van der Waals surface area (Å²) < 4.78 is 3.71. The molecular formula is C15H12N2O2S. The highest BCUT2D eigenvalue weighted by molar-refractivity contribution is 8.08. The zero-order valence-electron chi connectivity index (χ0n) is 10.5. The van der Waals surface area contributed by atoms with Gasteiger partial charge in [-0.05, 0) is 29.0 Å². The zero-order valence-corrected chi connectivity index (χ0v) is 11.3. The number of nitrogens with one attached hydrogen (secondary N) is 1. The van der Waals surface area contributed by atoms with Crippen molar-refractivity contribution >= 4 is 28.6 Å². The molecule has 4 nitrogen and oxygen atoms in total. The maximum absolute atomic E-state index is 11.6.